The summed E-state index contributed by atoms with van der Waals surface area (Å²) in [5.41, 5.74) is 1.52. The number of aliphatic hydroxyl groups excluding tert-OH is 2. The standard InChI is InChI=1S/C22H24N2O5S/c1-16-7-8-18(23-14-19(26)15-25)13-22(16)30(27,28)24-17-9-11-21(12-10-17)29-20-5-3-2-4-6-20/h2-13,19,23-26H,14-15H2,1H3. The maximum Gasteiger partial charge on any atom is 0.262 e. The Balaban J connectivity index is 1.72. The summed E-state index contributed by atoms with van der Waals surface area (Å²) in [6.07, 6.45) is -0.930. The summed E-state index contributed by atoms with van der Waals surface area (Å²) in [4.78, 5) is 0.121. The predicted molar refractivity (Wildman–Crippen MR) is 117 cm³/mol. The normalized spacial score (nSPS) is 12.2. The molecule has 158 valence electrons. The quantitative estimate of drug-likeness (QED) is 0.416. The van der Waals surface area contributed by atoms with Gasteiger partial charge in [-0.3, -0.25) is 4.72 Å². The van der Waals surface area contributed by atoms with Crippen LogP contribution < -0.4 is 14.8 Å². The van der Waals surface area contributed by atoms with Gasteiger partial charge in [-0.1, -0.05) is 24.3 Å². The van der Waals surface area contributed by atoms with Crippen LogP contribution in [0.15, 0.2) is 77.7 Å². The summed E-state index contributed by atoms with van der Waals surface area (Å²) < 4.78 is 34.1. The van der Waals surface area contributed by atoms with E-state index < -0.39 is 16.1 Å². The van der Waals surface area contributed by atoms with Crippen molar-refractivity contribution in [1.82, 2.24) is 0 Å². The Bertz CT molecular complexity index is 1070. The number of hydrogen-bond acceptors (Lipinski definition) is 6. The van der Waals surface area contributed by atoms with Gasteiger partial charge in [-0.15, -0.1) is 0 Å². The van der Waals surface area contributed by atoms with Crippen molar-refractivity contribution in [2.45, 2.75) is 17.9 Å². The second kappa shape index (κ2) is 9.62. The van der Waals surface area contributed by atoms with Crippen LogP contribution in [0.4, 0.5) is 11.4 Å². The Kier molecular flexibility index (Phi) is 6.94. The highest BCUT2D eigenvalue weighted by molar-refractivity contribution is 7.92. The maximum atomic E-state index is 12.9. The van der Waals surface area contributed by atoms with Crippen molar-refractivity contribution in [2.24, 2.45) is 0 Å². The summed E-state index contributed by atoms with van der Waals surface area (Å²) in [7, 11) is -3.83. The van der Waals surface area contributed by atoms with Crippen LogP contribution in [0.3, 0.4) is 0 Å². The Morgan fingerprint density at radius 2 is 1.57 bits per heavy atom. The van der Waals surface area contributed by atoms with Crippen LogP contribution in [0.25, 0.3) is 0 Å². The number of anilines is 2. The van der Waals surface area contributed by atoms with E-state index in [0.29, 0.717) is 28.4 Å². The fourth-order valence-electron chi connectivity index (χ4n) is 2.73. The molecule has 8 heteroatoms. The lowest BCUT2D eigenvalue weighted by Gasteiger charge is -2.14. The fourth-order valence-corrected chi connectivity index (χ4v) is 4.06. The molecule has 1 atom stereocenters. The van der Waals surface area contributed by atoms with Crippen molar-refractivity contribution in [2.75, 3.05) is 23.2 Å². The molecule has 0 aliphatic rings. The molecule has 1 unspecified atom stereocenters. The molecular formula is C22H24N2O5S. The number of benzene rings is 3. The summed E-state index contributed by atoms with van der Waals surface area (Å²) in [6.45, 7) is 1.43. The van der Waals surface area contributed by atoms with Crippen LogP contribution in [0, 0.1) is 6.92 Å². The van der Waals surface area contributed by atoms with Crippen molar-refractivity contribution in [3.8, 4) is 11.5 Å². The summed E-state index contributed by atoms with van der Waals surface area (Å²) in [5.74, 6) is 1.28. The molecule has 0 fully saturated rings. The molecule has 0 aromatic heterocycles. The second-order valence-electron chi connectivity index (χ2n) is 6.74. The van der Waals surface area contributed by atoms with E-state index in [1.807, 2.05) is 30.3 Å². The zero-order valence-electron chi connectivity index (χ0n) is 16.4. The van der Waals surface area contributed by atoms with Gasteiger partial charge in [0.05, 0.1) is 17.6 Å². The monoisotopic (exact) mass is 428 g/mol. The first-order valence-electron chi connectivity index (χ1n) is 9.36. The van der Waals surface area contributed by atoms with E-state index in [0.717, 1.165) is 0 Å². The van der Waals surface area contributed by atoms with Gasteiger partial charge >= 0.3 is 0 Å². The van der Waals surface area contributed by atoms with E-state index in [1.54, 1.807) is 43.3 Å². The molecule has 0 radical (unpaired) electrons. The zero-order chi connectivity index (χ0) is 21.6. The Morgan fingerprint density at radius 3 is 2.23 bits per heavy atom. The van der Waals surface area contributed by atoms with Crippen molar-refractivity contribution in [1.29, 1.82) is 0 Å². The van der Waals surface area contributed by atoms with E-state index in [4.69, 9.17) is 9.84 Å². The Morgan fingerprint density at radius 1 is 0.933 bits per heavy atom. The molecule has 0 saturated carbocycles. The maximum absolute atomic E-state index is 12.9. The number of aryl methyl sites for hydroxylation is 1. The highest BCUT2D eigenvalue weighted by Gasteiger charge is 2.18. The number of nitrogens with one attached hydrogen (secondary N) is 2. The molecule has 7 nitrogen and oxygen atoms in total. The summed E-state index contributed by atoms with van der Waals surface area (Å²) in [6, 6.07) is 20.8. The van der Waals surface area contributed by atoms with Crippen LogP contribution in [-0.4, -0.2) is 37.9 Å². The molecule has 30 heavy (non-hydrogen) atoms. The van der Waals surface area contributed by atoms with Gasteiger partial charge in [0, 0.05) is 17.9 Å². The van der Waals surface area contributed by atoms with E-state index in [9.17, 15) is 13.5 Å². The summed E-state index contributed by atoms with van der Waals surface area (Å²) in [5, 5.41) is 21.3. The van der Waals surface area contributed by atoms with E-state index in [2.05, 4.69) is 10.0 Å². The minimum Gasteiger partial charge on any atom is -0.457 e. The molecule has 4 N–H and O–H groups in total. The van der Waals surface area contributed by atoms with Crippen molar-refractivity contribution < 1.29 is 23.4 Å². The lowest BCUT2D eigenvalue weighted by molar-refractivity contribution is 0.105. The predicted octanol–water partition coefficient (Wildman–Crippen LogP) is 3.35. The average molecular weight is 429 g/mol. The third-order valence-electron chi connectivity index (χ3n) is 4.32. The largest absolute Gasteiger partial charge is 0.457 e. The average Bonchev–Trinajstić information content (AvgIpc) is 2.74. The SMILES string of the molecule is Cc1ccc(NCC(O)CO)cc1S(=O)(=O)Nc1ccc(Oc2ccccc2)cc1. The molecule has 3 aromatic rings. The van der Waals surface area contributed by atoms with Crippen molar-refractivity contribution in [3.05, 3.63) is 78.4 Å². The Hall–Kier alpha value is -3.07. The molecule has 0 aliphatic carbocycles. The first kappa shape index (κ1) is 21.6. The molecule has 3 aromatic carbocycles. The van der Waals surface area contributed by atoms with Gasteiger partial charge in [-0.25, -0.2) is 8.42 Å². The second-order valence-corrected chi connectivity index (χ2v) is 8.39. The van der Waals surface area contributed by atoms with Gasteiger partial charge in [0.25, 0.3) is 10.0 Å². The van der Waals surface area contributed by atoms with Crippen molar-refractivity contribution >= 4 is 21.4 Å². The van der Waals surface area contributed by atoms with Crippen LogP contribution in [-0.2, 0) is 10.0 Å². The summed E-state index contributed by atoms with van der Waals surface area (Å²) >= 11 is 0. The minimum absolute atomic E-state index is 0.107. The molecule has 0 amide bonds. The third kappa shape index (κ3) is 5.73. The number of ether oxygens (including phenoxy) is 1. The third-order valence-corrected chi connectivity index (χ3v) is 5.84. The number of aliphatic hydroxyl groups is 2. The first-order valence-corrected chi connectivity index (χ1v) is 10.8. The van der Waals surface area contributed by atoms with Gasteiger partial charge in [0.2, 0.25) is 0 Å². The van der Waals surface area contributed by atoms with Crippen LogP contribution >= 0.6 is 0 Å². The molecule has 0 aliphatic heterocycles. The number of rotatable bonds is 9. The molecule has 0 bridgehead atoms. The van der Waals surface area contributed by atoms with E-state index in [-0.39, 0.29) is 18.0 Å². The van der Waals surface area contributed by atoms with E-state index >= 15 is 0 Å². The van der Waals surface area contributed by atoms with Gasteiger partial charge in [0.15, 0.2) is 0 Å². The van der Waals surface area contributed by atoms with Gasteiger partial charge in [-0.05, 0) is 61.0 Å². The molecule has 0 saturated heterocycles. The van der Waals surface area contributed by atoms with Gasteiger partial charge in [0.1, 0.15) is 11.5 Å². The number of hydrogen-bond donors (Lipinski definition) is 4. The minimum atomic E-state index is -3.83. The molecule has 3 rings (SSSR count). The lowest BCUT2D eigenvalue weighted by Crippen LogP contribution is -2.23. The molecule has 0 heterocycles. The fraction of sp³-hybridized carbons (Fsp3) is 0.182. The van der Waals surface area contributed by atoms with Crippen LogP contribution in [0.5, 0.6) is 11.5 Å². The molecular weight excluding hydrogens is 404 g/mol. The smallest absolute Gasteiger partial charge is 0.262 e. The van der Waals surface area contributed by atoms with Crippen molar-refractivity contribution in [3.63, 3.8) is 0 Å². The highest BCUT2D eigenvalue weighted by atomic mass is 32.2. The van der Waals surface area contributed by atoms with Gasteiger partial charge in [-0.2, -0.15) is 0 Å². The van der Waals surface area contributed by atoms with Crippen LogP contribution in [0.1, 0.15) is 5.56 Å². The zero-order valence-corrected chi connectivity index (χ0v) is 17.3. The number of sulfonamides is 1. The van der Waals surface area contributed by atoms with E-state index in [1.165, 1.54) is 6.07 Å². The number of para-hydroxylation sites is 1. The van der Waals surface area contributed by atoms with Crippen LogP contribution in [0.2, 0.25) is 0 Å². The first-order chi connectivity index (χ1) is 14.4. The topological polar surface area (TPSA) is 108 Å². The molecule has 0 spiro atoms. The lowest BCUT2D eigenvalue weighted by atomic mass is 10.2. The Labute approximate surface area is 176 Å². The van der Waals surface area contributed by atoms with Gasteiger partial charge < -0.3 is 20.3 Å². The highest BCUT2D eigenvalue weighted by Crippen LogP contribution is 2.26.